The zero-order valence-electron chi connectivity index (χ0n) is 16.8. The maximum atomic E-state index is 12.7. The zero-order chi connectivity index (χ0) is 22.5. The van der Waals surface area contributed by atoms with E-state index in [1.165, 1.54) is 0 Å². The molecule has 2 amide bonds. The summed E-state index contributed by atoms with van der Waals surface area (Å²) in [4.78, 5) is 33.2. The van der Waals surface area contributed by atoms with E-state index in [1.807, 2.05) is 24.3 Å². The smallest absolute Gasteiger partial charge is 0.270 e. The predicted octanol–water partition coefficient (Wildman–Crippen LogP) is 3.19. The first-order chi connectivity index (χ1) is 15.5. The number of nitrogens with one attached hydrogen (secondary N) is 3. The van der Waals surface area contributed by atoms with Crippen LogP contribution in [0.5, 0.6) is 0 Å². The van der Waals surface area contributed by atoms with Crippen LogP contribution < -0.4 is 21.7 Å². The highest BCUT2D eigenvalue weighted by Gasteiger charge is 2.19. The summed E-state index contributed by atoms with van der Waals surface area (Å²) in [6.45, 7) is 0.423. The molecule has 0 saturated heterocycles. The molecule has 0 aliphatic heterocycles. The maximum Gasteiger partial charge on any atom is 0.270 e. The van der Waals surface area contributed by atoms with Crippen molar-refractivity contribution in [3.8, 4) is 0 Å². The number of nitrogens with zero attached hydrogens (tertiary/aromatic N) is 2. The number of nitrogens with two attached hydrogens (primary N) is 1. The number of carbonyl (C=O) groups excluding carboxylic acids is 2. The Bertz CT molecular complexity index is 1270. The first kappa shape index (κ1) is 21.2. The average molecular weight is 449 g/mol. The van der Waals surface area contributed by atoms with Crippen molar-refractivity contribution in [1.82, 2.24) is 9.97 Å². The van der Waals surface area contributed by atoms with E-state index in [2.05, 4.69) is 25.9 Å². The van der Waals surface area contributed by atoms with Crippen molar-refractivity contribution in [3.63, 3.8) is 0 Å². The van der Waals surface area contributed by atoms with Crippen LogP contribution in [-0.2, 0) is 0 Å². The van der Waals surface area contributed by atoms with Gasteiger partial charge in [0.2, 0.25) is 0 Å². The fraction of sp³-hybridized carbons (Fsp3) is 0.0909. The van der Waals surface area contributed by atoms with Crippen molar-refractivity contribution in [1.29, 1.82) is 0 Å². The second-order valence-electron chi connectivity index (χ2n) is 6.74. The van der Waals surface area contributed by atoms with Crippen molar-refractivity contribution in [2.45, 2.75) is 0 Å². The van der Waals surface area contributed by atoms with E-state index < -0.39 is 11.8 Å². The monoisotopic (exact) mass is 448 g/mol. The van der Waals surface area contributed by atoms with Gasteiger partial charge in [-0.1, -0.05) is 29.5 Å². The number of aliphatic hydroxyl groups is 1. The minimum absolute atomic E-state index is 0.00909. The minimum atomic E-state index is -0.743. The number of primary amides is 1. The molecule has 10 heteroatoms. The van der Waals surface area contributed by atoms with Crippen LogP contribution in [0.1, 0.15) is 20.8 Å². The lowest BCUT2D eigenvalue weighted by molar-refractivity contribution is 0.0997. The highest BCUT2D eigenvalue weighted by atomic mass is 32.1. The minimum Gasteiger partial charge on any atom is -0.395 e. The molecular formula is C22H20N6O3S. The van der Waals surface area contributed by atoms with Crippen LogP contribution in [0, 0.1) is 0 Å². The molecule has 4 aromatic rings. The van der Waals surface area contributed by atoms with Gasteiger partial charge in [-0.05, 0) is 36.4 Å². The summed E-state index contributed by atoms with van der Waals surface area (Å²) in [6, 6.07) is 16.2. The Labute approximate surface area is 187 Å². The summed E-state index contributed by atoms with van der Waals surface area (Å²) < 4.78 is 0. The summed E-state index contributed by atoms with van der Waals surface area (Å²) >= 11 is 1.11. The van der Waals surface area contributed by atoms with Crippen LogP contribution in [0.4, 0.5) is 21.5 Å². The molecule has 0 saturated carbocycles. The Morgan fingerprint density at radius 3 is 2.59 bits per heavy atom. The highest BCUT2D eigenvalue weighted by molar-refractivity contribution is 7.20. The SMILES string of the molecule is NC(=O)c1nc(Nc2ccnc3ccccc23)sc1NC(=O)c1ccc(NCCO)cc1. The van der Waals surface area contributed by atoms with E-state index in [9.17, 15) is 9.59 Å². The molecule has 0 radical (unpaired) electrons. The zero-order valence-corrected chi connectivity index (χ0v) is 17.6. The predicted molar refractivity (Wildman–Crippen MR) is 126 cm³/mol. The molecule has 2 aromatic carbocycles. The van der Waals surface area contributed by atoms with Crippen molar-refractivity contribution in [3.05, 3.63) is 72.1 Å². The first-order valence-electron chi connectivity index (χ1n) is 9.72. The number of aliphatic hydroxyl groups excluding tert-OH is 1. The van der Waals surface area contributed by atoms with Gasteiger partial charge in [-0.2, -0.15) is 0 Å². The third kappa shape index (κ3) is 4.66. The van der Waals surface area contributed by atoms with Crippen LogP contribution in [0.3, 0.4) is 0 Å². The third-order valence-corrected chi connectivity index (χ3v) is 5.45. The molecule has 9 nitrogen and oxygen atoms in total. The largest absolute Gasteiger partial charge is 0.395 e. The fourth-order valence-electron chi connectivity index (χ4n) is 3.06. The van der Waals surface area contributed by atoms with Crippen LogP contribution in [0.25, 0.3) is 10.9 Å². The van der Waals surface area contributed by atoms with Crippen molar-refractivity contribution >= 4 is 55.6 Å². The second-order valence-corrected chi connectivity index (χ2v) is 7.74. The molecule has 2 heterocycles. The number of rotatable bonds is 8. The molecule has 2 aromatic heterocycles. The Morgan fingerprint density at radius 2 is 1.84 bits per heavy atom. The second kappa shape index (κ2) is 9.41. The Kier molecular flexibility index (Phi) is 6.24. The number of hydrogen-bond acceptors (Lipinski definition) is 8. The summed E-state index contributed by atoms with van der Waals surface area (Å²) in [5.41, 5.74) is 8.22. The van der Waals surface area contributed by atoms with Gasteiger partial charge in [-0.15, -0.1) is 0 Å². The summed E-state index contributed by atoms with van der Waals surface area (Å²) in [5.74, 6) is -1.14. The quantitative estimate of drug-likeness (QED) is 0.279. The summed E-state index contributed by atoms with van der Waals surface area (Å²) in [5, 5.41) is 19.3. The molecule has 4 rings (SSSR count). The van der Waals surface area contributed by atoms with Gasteiger partial charge in [-0.25, -0.2) is 4.98 Å². The number of benzene rings is 2. The van der Waals surface area contributed by atoms with E-state index in [4.69, 9.17) is 10.8 Å². The standard InChI is InChI=1S/C22H20N6O3S/c23-19(30)18-21(28-20(31)13-5-7-14(8-6-13)24-11-12-29)32-22(27-18)26-17-9-10-25-16-4-2-1-3-15(16)17/h1-10,24,29H,11-12H2,(H2,23,30)(H,28,31)(H,25,26,27). The fourth-order valence-corrected chi connectivity index (χ4v) is 3.94. The number of carbonyl (C=O) groups is 2. The van der Waals surface area contributed by atoms with Gasteiger partial charge in [0.25, 0.3) is 11.8 Å². The molecule has 0 bridgehead atoms. The lowest BCUT2D eigenvalue weighted by Gasteiger charge is -2.07. The Balaban J connectivity index is 1.55. The van der Waals surface area contributed by atoms with Gasteiger partial charge in [0.05, 0.1) is 17.8 Å². The lowest BCUT2D eigenvalue weighted by Crippen LogP contribution is -2.17. The molecule has 162 valence electrons. The molecule has 6 N–H and O–H groups in total. The Morgan fingerprint density at radius 1 is 1.06 bits per heavy atom. The van der Waals surface area contributed by atoms with E-state index in [0.29, 0.717) is 17.2 Å². The van der Waals surface area contributed by atoms with Crippen molar-refractivity contribution in [2.75, 3.05) is 29.1 Å². The Hall–Kier alpha value is -4.02. The van der Waals surface area contributed by atoms with Crippen LogP contribution in [0.15, 0.2) is 60.8 Å². The first-order valence-corrected chi connectivity index (χ1v) is 10.5. The number of amides is 2. The summed E-state index contributed by atoms with van der Waals surface area (Å²) in [6.07, 6.45) is 1.68. The van der Waals surface area contributed by atoms with Gasteiger partial charge in [0.15, 0.2) is 10.8 Å². The van der Waals surface area contributed by atoms with Crippen molar-refractivity contribution < 1.29 is 14.7 Å². The number of hydrogen-bond donors (Lipinski definition) is 5. The van der Waals surface area contributed by atoms with Crippen LogP contribution in [0.2, 0.25) is 0 Å². The van der Waals surface area contributed by atoms with Gasteiger partial charge in [0.1, 0.15) is 5.00 Å². The molecule has 32 heavy (non-hydrogen) atoms. The van der Waals surface area contributed by atoms with Crippen LogP contribution >= 0.6 is 11.3 Å². The third-order valence-electron chi connectivity index (χ3n) is 4.57. The van der Waals surface area contributed by atoms with Crippen LogP contribution in [-0.4, -0.2) is 40.0 Å². The van der Waals surface area contributed by atoms with E-state index in [1.54, 1.807) is 36.5 Å². The van der Waals surface area contributed by atoms with Gasteiger partial charge >= 0.3 is 0 Å². The highest BCUT2D eigenvalue weighted by Crippen LogP contribution is 2.33. The maximum absolute atomic E-state index is 12.7. The summed E-state index contributed by atoms with van der Waals surface area (Å²) in [7, 11) is 0. The van der Waals surface area contributed by atoms with E-state index in [-0.39, 0.29) is 17.3 Å². The topological polar surface area (TPSA) is 142 Å². The molecular weight excluding hydrogens is 428 g/mol. The average Bonchev–Trinajstić information content (AvgIpc) is 3.20. The molecule has 0 aliphatic carbocycles. The number of thiazole rings is 1. The van der Waals surface area contributed by atoms with E-state index in [0.717, 1.165) is 33.6 Å². The number of fused-ring (bicyclic) bond motifs is 1. The number of anilines is 4. The number of para-hydroxylation sites is 1. The number of pyridine rings is 1. The molecule has 0 aliphatic rings. The molecule has 0 atom stereocenters. The molecule has 0 unspecified atom stereocenters. The van der Waals surface area contributed by atoms with Crippen molar-refractivity contribution in [2.24, 2.45) is 5.73 Å². The normalized spacial score (nSPS) is 10.7. The van der Waals surface area contributed by atoms with Gasteiger partial charge < -0.3 is 26.8 Å². The van der Waals surface area contributed by atoms with E-state index >= 15 is 0 Å². The molecule has 0 fully saturated rings. The van der Waals surface area contributed by atoms with Gasteiger partial charge in [-0.3, -0.25) is 14.6 Å². The molecule has 0 spiro atoms. The van der Waals surface area contributed by atoms with Gasteiger partial charge in [0, 0.05) is 29.4 Å². The number of aromatic nitrogens is 2. The lowest BCUT2D eigenvalue weighted by atomic mass is 10.2.